The number of aliphatic imine (C=N–C) groups is 1. The molecular formula is C20H32IN5OS. The van der Waals surface area contributed by atoms with Crippen LogP contribution in [0.1, 0.15) is 27.6 Å². The van der Waals surface area contributed by atoms with Crippen molar-refractivity contribution in [2.45, 2.75) is 33.4 Å². The van der Waals surface area contributed by atoms with Crippen molar-refractivity contribution in [3.8, 4) is 5.75 Å². The lowest BCUT2D eigenvalue weighted by Crippen LogP contribution is -2.36. The maximum atomic E-state index is 5.77. The number of nitrogens with zero attached hydrogens (tertiary/aromatic N) is 3. The maximum Gasteiger partial charge on any atom is 0.191 e. The quantitative estimate of drug-likeness (QED) is 0.231. The molecule has 6 nitrogen and oxygen atoms in total. The van der Waals surface area contributed by atoms with E-state index in [0.717, 1.165) is 42.0 Å². The van der Waals surface area contributed by atoms with Crippen molar-refractivity contribution < 1.29 is 4.74 Å². The summed E-state index contributed by atoms with van der Waals surface area (Å²) in [6, 6.07) is 8.19. The summed E-state index contributed by atoms with van der Waals surface area (Å²) in [6.07, 6.45) is 1.02. The Labute approximate surface area is 189 Å². The molecule has 0 atom stereocenters. The third-order valence-electron chi connectivity index (χ3n) is 4.11. The Morgan fingerprint density at radius 3 is 2.39 bits per heavy atom. The lowest BCUT2D eigenvalue weighted by atomic mass is 10.2. The van der Waals surface area contributed by atoms with Gasteiger partial charge in [0.15, 0.2) is 5.96 Å². The average Bonchev–Trinajstić information content (AvgIpc) is 2.97. The fourth-order valence-corrected chi connectivity index (χ4v) is 3.33. The van der Waals surface area contributed by atoms with E-state index in [4.69, 9.17) is 4.74 Å². The third kappa shape index (κ3) is 8.74. The number of guanidine groups is 1. The van der Waals surface area contributed by atoms with Crippen molar-refractivity contribution in [1.82, 2.24) is 20.5 Å². The molecule has 0 fully saturated rings. The average molecular weight is 517 g/mol. The highest BCUT2D eigenvalue weighted by Gasteiger charge is 2.05. The van der Waals surface area contributed by atoms with Gasteiger partial charge in [0.2, 0.25) is 0 Å². The van der Waals surface area contributed by atoms with Crippen LogP contribution in [0.4, 0.5) is 0 Å². The molecule has 0 spiro atoms. The lowest BCUT2D eigenvalue weighted by Gasteiger charge is -2.12. The van der Waals surface area contributed by atoms with E-state index >= 15 is 0 Å². The van der Waals surface area contributed by atoms with Crippen molar-refractivity contribution in [3.63, 3.8) is 0 Å². The van der Waals surface area contributed by atoms with Gasteiger partial charge in [-0.1, -0.05) is 12.1 Å². The molecule has 2 rings (SSSR count). The van der Waals surface area contributed by atoms with Crippen molar-refractivity contribution in [2.75, 3.05) is 34.3 Å². The summed E-state index contributed by atoms with van der Waals surface area (Å²) in [6.45, 7) is 7.29. The second-order valence-electron chi connectivity index (χ2n) is 6.68. The minimum absolute atomic E-state index is 0. The fraction of sp³-hybridized carbons (Fsp3) is 0.500. The molecule has 0 radical (unpaired) electrons. The van der Waals surface area contributed by atoms with Crippen molar-refractivity contribution in [1.29, 1.82) is 0 Å². The predicted molar refractivity (Wildman–Crippen MR) is 129 cm³/mol. The third-order valence-corrected chi connectivity index (χ3v) is 5.18. The normalized spacial score (nSPS) is 11.3. The van der Waals surface area contributed by atoms with Crippen LogP contribution in [-0.2, 0) is 13.1 Å². The van der Waals surface area contributed by atoms with Crippen LogP contribution >= 0.6 is 35.3 Å². The first-order chi connectivity index (χ1) is 13.0. The van der Waals surface area contributed by atoms with Gasteiger partial charge < -0.3 is 20.3 Å². The highest BCUT2D eigenvalue weighted by Crippen LogP contribution is 2.16. The van der Waals surface area contributed by atoms with Gasteiger partial charge >= 0.3 is 0 Å². The second kappa shape index (κ2) is 12.9. The first-order valence-corrected chi connectivity index (χ1v) is 10.0. The molecule has 0 aliphatic heterocycles. The summed E-state index contributed by atoms with van der Waals surface area (Å²) in [5, 5.41) is 7.71. The first-order valence-electron chi connectivity index (χ1n) is 9.22. The van der Waals surface area contributed by atoms with Gasteiger partial charge in [-0.2, -0.15) is 0 Å². The maximum absolute atomic E-state index is 5.77. The standard InChI is InChI=1S/C20H31N5OS.HI/c1-15-16(2)27-19(24-15)14-23-20(21-3)22-13-17-7-9-18(10-8-17)26-12-6-11-25(4)5;/h7-10H,6,11-14H2,1-5H3,(H2,21,22,23);1H. The second-order valence-corrected chi connectivity index (χ2v) is 7.97. The Morgan fingerprint density at radius 2 is 1.82 bits per heavy atom. The molecule has 1 aromatic heterocycles. The molecule has 0 unspecified atom stereocenters. The zero-order valence-corrected chi connectivity index (χ0v) is 20.6. The number of halogens is 1. The predicted octanol–water partition coefficient (Wildman–Crippen LogP) is 3.57. The Morgan fingerprint density at radius 1 is 1.14 bits per heavy atom. The number of ether oxygens (including phenoxy) is 1. The van der Waals surface area contributed by atoms with E-state index in [0.29, 0.717) is 13.1 Å². The number of aryl methyl sites for hydroxylation is 2. The van der Waals surface area contributed by atoms with Gasteiger partial charge in [-0.05, 0) is 52.1 Å². The van der Waals surface area contributed by atoms with E-state index in [9.17, 15) is 0 Å². The number of hydrogen-bond acceptors (Lipinski definition) is 5. The zero-order chi connectivity index (χ0) is 19.6. The summed E-state index contributed by atoms with van der Waals surface area (Å²) in [5.74, 6) is 1.68. The summed E-state index contributed by atoms with van der Waals surface area (Å²) in [4.78, 5) is 12.2. The van der Waals surface area contributed by atoms with Crippen LogP contribution in [-0.4, -0.2) is 50.1 Å². The van der Waals surface area contributed by atoms with Crippen LogP contribution in [0.5, 0.6) is 5.75 Å². The molecule has 2 aromatic rings. The summed E-state index contributed by atoms with van der Waals surface area (Å²) >= 11 is 1.72. The largest absolute Gasteiger partial charge is 0.494 e. The number of rotatable bonds is 9. The van der Waals surface area contributed by atoms with E-state index in [1.165, 1.54) is 10.4 Å². The monoisotopic (exact) mass is 517 g/mol. The number of aromatic nitrogens is 1. The number of hydrogen-bond donors (Lipinski definition) is 2. The molecule has 28 heavy (non-hydrogen) atoms. The number of thiazole rings is 1. The molecule has 1 heterocycles. The van der Waals surface area contributed by atoms with Crippen molar-refractivity contribution in [2.24, 2.45) is 4.99 Å². The van der Waals surface area contributed by atoms with Gasteiger partial charge in [-0.25, -0.2) is 4.98 Å². The van der Waals surface area contributed by atoms with E-state index < -0.39 is 0 Å². The molecule has 0 bridgehead atoms. The molecule has 0 aliphatic rings. The molecule has 0 saturated carbocycles. The minimum atomic E-state index is 0. The molecule has 0 aliphatic carbocycles. The molecule has 2 N–H and O–H groups in total. The van der Waals surface area contributed by atoms with Crippen LogP contribution in [0.2, 0.25) is 0 Å². The number of nitrogens with one attached hydrogen (secondary N) is 2. The lowest BCUT2D eigenvalue weighted by molar-refractivity contribution is 0.281. The van der Waals surface area contributed by atoms with E-state index in [1.807, 2.05) is 19.1 Å². The Kier molecular flexibility index (Phi) is 11.4. The summed E-state index contributed by atoms with van der Waals surface area (Å²) < 4.78 is 5.77. The minimum Gasteiger partial charge on any atom is -0.494 e. The van der Waals surface area contributed by atoms with Crippen LogP contribution in [0.15, 0.2) is 29.3 Å². The first kappa shape index (κ1) is 24.6. The molecule has 8 heteroatoms. The van der Waals surface area contributed by atoms with E-state index in [-0.39, 0.29) is 24.0 Å². The zero-order valence-electron chi connectivity index (χ0n) is 17.4. The van der Waals surface area contributed by atoms with Gasteiger partial charge in [0.25, 0.3) is 0 Å². The van der Waals surface area contributed by atoms with Crippen LogP contribution in [0.25, 0.3) is 0 Å². The molecule has 0 saturated heterocycles. The van der Waals surface area contributed by atoms with Gasteiger partial charge in [0, 0.05) is 25.0 Å². The molecule has 1 aromatic carbocycles. The highest BCUT2D eigenvalue weighted by molar-refractivity contribution is 14.0. The van der Waals surface area contributed by atoms with Gasteiger partial charge in [0.1, 0.15) is 10.8 Å². The van der Waals surface area contributed by atoms with Crippen molar-refractivity contribution >= 4 is 41.3 Å². The molecule has 156 valence electrons. The highest BCUT2D eigenvalue weighted by atomic mass is 127. The van der Waals surface area contributed by atoms with Gasteiger partial charge in [-0.15, -0.1) is 35.3 Å². The van der Waals surface area contributed by atoms with Crippen LogP contribution in [0.3, 0.4) is 0 Å². The Hall–Kier alpha value is -1.39. The van der Waals surface area contributed by atoms with Gasteiger partial charge in [-0.3, -0.25) is 4.99 Å². The smallest absolute Gasteiger partial charge is 0.191 e. The topological polar surface area (TPSA) is 61.8 Å². The van der Waals surface area contributed by atoms with Crippen LogP contribution < -0.4 is 15.4 Å². The summed E-state index contributed by atoms with van der Waals surface area (Å²) in [7, 11) is 5.92. The fourth-order valence-electron chi connectivity index (χ4n) is 2.45. The van der Waals surface area contributed by atoms with E-state index in [2.05, 4.69) is 58.7 Å². The molecular weight excluding hydrogens is 485 g/mol. The van der Waals surface area contributed by atoms with Crippen molar-refractivity contribution in [3.05, 3.63) is 45.4 Å². The van der Waals surface area contributed by atoms with Crippen LogP contribution in [0, 0.1) is 13.8 Å². The Balaban J connectivity index is 0.00000392. The van der Waals surface area contributed by atoms with Gasteiger partial charge in [0.05, 0.1) is 18.8 Å². The number of benzene rings is 1. The Bertz CT molecular complexity index is 711. The van der Waals surface area contributed by atoms with E-state index in [1.54, 1.807) is 18.4 Å². The SMILES string of the molecule is CN=C(NCc1ccc(OCCCN(C)C)cc1)NCc1nc(C)c(C)s1.I. The molecule has 0 amide bonds. The summed E-state index contributed by atoms with van der Waals surface area (Å²) in [5.41, 5.74) is 2.28.